The molecule has 14 heavy (non-hydrogen) atoms. The molecule has 3 heteroatoms. The summed E-state index contributed by atoms with van der Waals surface area (Å²) in [5.74, 6) is 0.850. The third kappa shape index (κ3) is 1.41. The summed E-state index contributed by atoms with van der Waals surface area (Å²) < 4.78 is 5.09. The molecule has 0 saturated carbocycles. The predicted molar refractivity (Wildman–Crippen MR) is 57.3 cm³/mol. The topological polar surface area (TPSA) is 34.0 Å². The molecule has 0 aliphatic carbocycles. The van der Waals surface area contributed by atoms with Crippen LogP contribution in [0.5, 0.6) is 5.75 Å². The lowest BCUT2D eigenvalue weighted by Crippen LogP contribution is -2.12. The van der Waals surface area contributed by atoms with Gasteiger partial charge in [0.1, 0.15) is 5.75 Å². The lowest BCUT2D eigenvalue weighted by molar-refractivity contribution is 0.414. The number of hydrogen-bond acceptors (Lipinski definition) is 3. The number of ether oxygens (including phenoxy) is 1. The summed E-state index contributed by atoms with van der Waals surface area (Å²) >= 11 is 0. The van der Waals surface area contributed by atoms with Crippen molar-refractivity contribution in [2.75, 3.05) is 7.11 Å². The second-order valence-electron chi connectivity index (χ2n) is 3.31. The molecular formula is C11H12N2O. The van der Waals surface area contributed by atoms with Crippen molar-refractivity contribution in [2.24, 2.45) is 9.98 Å². The Balaban J connectivity index is 2.33. The van der Waals surface area contributed by atoms with Crippen molar-refractivity contribution >= 4 is 12.4 Å². The van der Waals surface area contributed by atoms with Crippen LogP contribution in [0.2, 0.25) is 0 Å². The molecule has 0 saturated heterocycles. The van der Waals surface area contributed by atoms with E-state index in [4.69, 9.17) is 4.74 Å². The Morgan fingerprint density at radius 1 is 1.07 bits per heavy atom. The highest BCUT2D eigenvalue weighted by atomic mass is 16.5. The van der Waals surface area contributed by atoms with Gasteiger partial charge in [-0.05, 0) is 19.1 Å². The van der Waals surface area contributed by atoms with E-state index in [1.807, 2.05) is 31.2 Å². The van der Waals surface area contributed by atoms with Crippen molar-refractivity contribution in [1.29, 1.82) is 0 Å². The first-order chi connectivity index (χ1) is 6.74. The van der Waals surface area contributed by atoms with Crippen LogP contribution < -0.4 is 4.74 Å². The summed E-state index contributed by atoms with van der Waals surface area (Å²) in [4.78, 5) is 8.61. The molecule has 0 fully saturated rings. The largest absolute Gasteiger partial charge is 0.497 e. The van der Waals surface area contributed by atoms with Gasteiger partial charge in [0.25, 0.3) is 0 Å². The molecule has 0 spiro atoms. The molecule has 0 bridgehead atoms. The van der Waals surface area contributed by atoms with E-state index >= 15 is 0 Å². The Kier molecular flexibility index (Phi) is 2.08. The highest BCUT2D eigenvalue weighted by Gasteiger charge is 2.25. The van der Waals surface area contributed by atoms with Gasteiger partial charge >= 0.3 is 0 Å². The molecule has 0 radical (unpaired) electrons. The number of benzene rings is 1. The minimum absolute atomic E-state index is 0.438. The predicted octanol–water partition coefficient (Wildman–Crippen LogP) is 2.02. The Labute approximate surface area is 83.2 Å². The van der Waals surface area contributed by atoms with Crippen molar-refractivity contribution in [3.63, 3.8) is 0 Å². The van der Waals surface area contributed by atoms with Gasteiger partial charge in [-0.3, -0.25) is 9.98 Å². The number of nitrogens with zero attached hydrogens (tertiary/aromatic N) is 2. The molecule has 3 nitrogen and oxygen atoms in total. The summed E-state index contributed by atoms with van der Waals surface area (Å²) in [5, 5.41) is 0. The van der Waals surface area contributed by atoms with Gasteiger partial charge < -0.3 is 4.74 Å². The van der Waals surface area contributed by atoms with Gasteiger partial charge in [-0.2, -0.15) is 0 Å². The molecule has 1 heterocycles. The van der Waals surface area contributed by atoms with E-state index in [0.717, 1.165) is 11.3 Å². The molecule has 2 rings (SSSR count). The van der Waals surface area contributed by atoms with Crippen LogP contribution in [0.3, 0.4) is 0 Å². The highest BCUT2D eigenvalue weighted by molar-refractivity contribution is 6.17. The molecule has 1 aromatic carbocycles. The summed E-state index contributed by atoms with van der Waals surface area (Å²) in [6, 6.07) is 7.81. The van der Waals surface area contributed by atoms with Gasteiger partial charge in [0.15, 0.2) is 5.66 Å². The quantitative estimate of drug-likeness (QED) is 0.699. The summed E-state index contributed by atoms with van der Waals surface area (Å²) in [5.41, 5.74) is 0.634. The maximum atomic E-state index is 5.09. The Bertz CT molecular complexity index is 367. The minimum Gasteiger partial charge on any atom is -0.497 e. The minimum atomic E-state index is -0.438. The molecule has 1 aliphatic heterocycles. The summed E-state index contributed by atoms with van der Waals surface area (Å²) in [6.07, 6.45) is 3.45. The SMILES string of the molecule is COc1ccc(C2(C)N=CC=N2)cc1. The standard InChI is InChI=1S/C11H12N2O/c1-11(12-7-8-13-11)9-3-5-10(14-2)6-4-9/h3-8H,1-2H3. The Morgan fingerprint density at radius 3 is 2.14 bits per heavy atom. The Hall–Kier alpha value is -1.64. The fraction of sp³-hybridized carbons (Fsp3) is 0.273. The van der Waals surface area contributed by atoms with Crippen LogP contribution in [0.4, 0.5) is 0 Å². The Morgan fingerprint density at radius 2 is 1.64 bits per heavy atom. The van der Waals surface area contributed by atoms with Crippen molar-refractivity contribution in [2.45, 2.75) is 12.6 Å². The molecule has 0 atom stereocenters. The normalized spacial score (nSPS) is 17.3. The van der Waals surface area contributed by atoms with E-state index in [1.165, 1.54) is 0 Å². The first-order valence-electron chi connectivity index (χ1n) is 4.48. The van der Waals surface area contributed by atoms with E-state index < -0.39 is 5.66 Å². The maximum Gasteiger partial charge on any atom is 0.172 e. The monoisotopic (exact) mass is 188 g/mol. The molecule has 1 aromatic rings. The lowest BCUT2D eigenvalue weighted by Gasteiger charge is -2.17. The van der Waals surface area contributed by atoms with E-state index in [1.54, 1.807) is 19.5 Å². The second-order valence-corrected chi connectivity index (χ2v) is 3.31. The second kappa shape index (κ2) is 3.25. The molecule has 0 aromatic heterocycles. The number of aliphatic imine (C=N–C) groups is 2. The number of methoxy groups -OCH3 is 1. The van der Waals surface area contributed by atoms with Crippen LogP contribution in [0.15, 0.2) is 34.3 Å². The number of rotatable bonds is 2. The van der Waals surface area contributed by atoms with Crippen LogP contribution in [0, 0.1) is 0 Å². The third-order valence-corrected chi connectivity index (χ3v) is 2.36. The zero-order valence-electron chi connectivity index (χ0n) is 8.27. The van der Waals surface area contributed by atoms with Crippen LogP contribution in [-0.2, 0) is 5.66 Å². The fourth-order valence-electron chi connectivity index (χ4n) is 1.45. The zero-order chi connectivity index (χ0) is 10.0. The number of hydrogen-bond donors (Lipinski definition) is 0. The van der Waals surface area contributed by atoms with Crippen LogP contribution >= 0.6 is 0 Å². The van der Waals surface area contributed by atoms with Gasteiger partial charge in [-0.25, -0.2) is 0 Å². The van der Waals surface area contributed by atoms with Crippen molar-refractivity contribution in [3.05, 3.63) is 29.8 Å². The van der Waals surface area contributed by atoms with Crippen molar-refractivity contribution < 1.29 is 4.74 Å². The van der Waals surface area contributed by atoms with Gasteiger partial charge in [-0.1, -0.05) is 12.1 Å². The van der Waals surface area contributed by atoms with Gasteiger partial charge in [-0.15, -0.1) is 0 Å². The van der Waals surface area contributed by atoms with E-state index in [9.17, 15) is 0 Å². The van der Waals surface area contributed by atoms with Gasteiger partial charge in [0.05, 0.1) is 7.11 Å². The van der Waals surface area contributed by atoms with Crippen LogP contribution in [0.1, 0.15) is 12.5 Å². The molecular weight excluding hydrogens is 176 g/mol. The van der Waals surface area contributed by atoms with Gasteiger partial charge in [0, 0.05) is 18.0 Å². The smallest absolute Gasteiger partial charge is 0.172 e. The first kappa shape index (κ1) is 8.94. The molecule has 0 unspecified atom stereocenters. The maximum absolute atomic E-state index is 5.09. The fourth-order valence-corrected chi connectivity index (χ4v) is 1.45. The summed E-state index contributed by atoms with van der Waals surface area (Å²) in [7, 11) is 1.66. The lowest BCUT2D eigenvalue weighted by atomic mass is 10.0. The van der Waals surface area contributed by atoms with Crippen molar-refractivity contribution in [1.82, 2.24) is 0 Å². The molecule has 0 amide bonds. The van der Waals surface area contributed by atoms with E-state index in [-0.39, 0.29) is 0 Å². The average Bonchev–Trinajstić information content (AvgIpc) is 2.67. The van der Waals surface area contributed by atoms with Gasteiger partial charge in [0.2, 0.25) is 0 Å². The molecule has 1 aliphatic rings. The molecule has 0 N–H and O–H groups in total. The van der Waals surface area contributed by atoms with E-state index in [0.29, 0.717) is 0 Å². The highest BCUT2D eigenvalue weighted by Crippen LogP contribution is 2.29. The van der Waals surface area contributed by atoms with Crippen LogP contribution in [0.25, 0.3) is 0 Å². The average molecular weight is 188 g/mol. The van der Waals surface area contributed by atoms with Crippen molar-refractivity contribution in [3.8, 4) is 5.75 Å². The van der Waals surface area contributed by atoms with E-state index in [2.05, 4.69) is 9.98 Å². The zero-order valence-corrected chi connectivity index (χ0v) is 8.27. The van der Waals surface area contributed by atoms with Crippen LogP contribution in [-0.4, -0.2) is 19.5 Å². The molecule has 72 valence electrons. The third-order valence-electron chi connectivity index (χ3n) is 2.36. The summed E-state index contributed by atoms with van der Waals surface area (Å²) in [6.45, 7) is 1.98. The first-order valence-corrected chi connectivity index (χ1v) is 4.48.